The number of rotatable bonds is 5. The summed E-state index contributed by atoms with van der Waals surface area (Å²) >= 11 is 0. The largest absolute Gasteiger partial charge is 0.408 e. The van der Waals surface area contributed by atoms with Gasteiger partial charge in [0.2, 0.25) is 11.3 Å². The Labute approximate surface area is 199 Å². The lowest BCUT2D eigenvalue weighted by molar-refractivity contribution is -0.153. The zero-order chi connectivity index (χ0) is 26.4. The highest BCUT2D eigenvalue weighted by molar-refractivity contribution is 5.99. The Hall–Kier alpha value is -3.94. The molecule has 0 radical (unpaired) electrons. The van der Waals surface area contributed by atoms with Gasteiger partial charge < -0.3 is 10.4 Å². The van der Waals surface area contributed by atoms with Gasteiger partial charge in [-0.1, -0.05) is 6.92 Å². The van der Waals surface area contributed by atoms with Gasteiger partial charge in [-0.05, 0) is 18.6 Å². The van der Waals surface area contributed by atoms with Crippen LogP contribution >= 0.6 is 0 Å². The van der Waals surface area contributed by atoms with Crippen LogP contribution in [0.25, 0.3) is 16.9 Å². The fourth-order valence-electron chi connectivity index (χ4n) is 3.81. The van der Waals surface area contributed by atoms with Crippen molar-refractivity contribution in [3.05, 3.63) is 58.0 Å². The molecule has 4 heterocycles. The maximum atomic E-state index is 14.7. The normalized spacial score (nSPS) is 17.0. The van der Waals surface area contributed by atoms with E-state index in [-0.39, 0.29) is 29.8 Å². The van der Waals surface area contributed by atoms with Crippen LogP contribution in [0.15, 0.2) is 35.4 Å². The smallest absolute Gasteiger partial charge is 0.391 e. The third kappa shape index (κ3) is 4.63. The molecule has 4 rings (SSSR count). The number of alkyl halides is 3. The average molecular weight is 511 g/mol. The second-order valence-corrected chi connectivity index (χ2v) is 8.08. The number of nitrogens with zero attached hydrogens (tertiary/aromatic N) is 4. The lowest BCUT2D eigenvalue weighted by Gasteiger charge is -2.21. The van der Waals surface area contributed by atoms with Gasteiger partial charge in [-0.15, -0.1) is 0 Å². The van der Waals surface area contributed by atoms with Crippen LogP contribution in [0, 0.1) is 11.6 Å². The van der Waals surface area contributed by atoms with Crippen molar-refractivity contribution in [2.24, 2.45) is 0 Å². The number of nitrogens with one attached hydrogen (secondary N) is 1. The summed E-state index contributed by atoms with van der Waals surface area (Å²) in [6, 6.07) is 0.633. The summed E-state index contributed by atoms with van der Waals surface area (Å²) in [5.74, 6) is -4.70. The van der Waals surface area contributed by atoms with Gasteiger partial charge in [0.05, 0.1) is 30.7 Å². The Morgan fingerprint density at radius 2 is 2.00 bits per heavy atom. The van der Waals surface area contributed by atoms with E-state index in [4.69, 9.17) is 0 Å². The number of anilines is 1. The van der Waals surface area contributed by atoms with Gasteiger partial charge >= 0.3 is 6.18 Å². The van der Waals surface area contributed by atoms with Gasteiger partial charge in [0.1, 0.15) is 23.2 Å². The van der Waals surface area contributed by atoms with Crippen molar-refractivity contribution in [2.75, 3.05) is 11.4 Å². The Balaban J connectivity index is 1.92. The summed E-state index contributed by atoms with van der Waals surface area (Å²) in [4.78, 5) is 46.9. The minimum Gasteiger partial charge on any atom is -0.391 e. The van der Waals surface area contributed by atoms with Crippen molar-refractivity contribution >= 4 is 28.7 Å². The van der Waals surface area contributed by atoms with Crippen molar-refractivity contribution in [3.8, 4) is 5.82 Å². The molecule has 36 heavy (non-hydrogen) atoms. The summed E-state index contributed by atoms with van der Waals surface area (Å²) in [5.41, 5.74) is -2.08. The van der Waals surface area contributed by atoms with Crippen molar-refractivity contribution in [1.82, 2.24) is 19.9 Å². The standard InChI is InChI=1S/C22H18F5N5O4/c1-2-15(22(25,26)27)29-21(36)13-9-32(20-14(24)5-10(23)7-28-20)19-12(18(13)35)3-4-16(30-19)31-8-11(33)6-17(31)34/h3-5,7,9,11,15,33H,2,6,8H2,1H3,(H,29,36)/t11-,15+/m0/s1. The van der Waals surface area contributed by atoms with Gasteiger partial charge in [0, 0.05) is 12.3 Å². The molecule has 14 heteroatoms. The maximum Gasteiger partial charge on any atom is 0.408 e. The molecule has 0 bridgehead atoms. The van der Waals surface area contributed by atoms with E-state index in [1.807, 2.05) is 0 Å². The van der Waals surface area contributed by atoms with Crippen LogP contribution in [0.1, 0.15) is 30.1 Å². The number of fused-ring (bicyclic) bond motifs is 1. The van der Waals surface area contributed by atoms with Gasteiger partial charge in [-0.3, -0.25) is 23.9 Å². The zero-order valence-corrected chi connectivity index (χ0v) is 18.5. The number of aliphatic hydroxyl groups excluding tert-OH is 1. The maximum absolute atomic E-state index is 14.7. The molecule has 2 atom stereocenters. The van der Waals surface area contributed by atoms with Gasteiger partial charge in [-0.25, -0.2) is 18.7 Å². The molecular weight excluding hydrogens is 493 g/mol. The minimum atomic E-state index is -4.78. The van der Waals surface area contributed by atoms with Crippen molar-refractivity contribution in [3.63, 3.8) is 0 Å². The van der Waals surface area contributed by atoms with E-state index < -0.39 is 65.0 Å². The molecule has 0 unspecified atom stereocenters. The SMILES string of the molecule is CC[C@@H](NC(=O)c1cn(-c2ncc(F)cc2F)c2nc(N3C[C@@H](O)CC3=O)ccc2c1=O)C(F)(F)F. The number of β-amino-alcohol motifs (C(OH)–C–C–N with tert-alkyl or cyclic N) is 1. The molecule has 9 nitrogen and oxygen atoms in total. The molecule has 2 N–H and O–H groups in total. The van der Waals surface area contributed by atoms with Crippen LogP contribution in [0.4, 0.5) is 27.8 Å². The topological polar surface area (TPSA) is 117 Å². The van der Waals surface area contributed by atoms with Crippen LogP contribution in [0.5, 0.6) is 0 Å². The Morgan fingerprint density at radius 3 is 2.58 bits per heavy atom. The number of aliphatic hydroxyl groups is 1. The lowest BCUT2D eigenvalue weighted by Crippen LogP contribution is -2.46. The number of carbonyl (C=O) groups is 2. The molecule has 0 aromatic carbocycles. The first kappa shape index (κ1) is 25.2. The summed E-state index contributed by atoms with van der Waals surface area (Å²) in [6.07, 6.45) is -5.01. The number of hydrogen-bond donors (Lipinski definition) is 2. The Bertz CT molecular complexity index is 1420. The van der Waals surface area contributed by atoms with Crippen LogP contribution in [0.2, 0.25) is 0 Å². The molecule has 1 saturated heterocycles. The molecule has 3 aromatic heterocycles. The zero-order valence-electron chi connectivity index (χ0n) is 18.5. The van der Waals surface area contributed by atoms with Crippen LogP contribution in [-0.4, -0.2) is 56.3 Å². The first-order valence-electron chi connectivity index (χ1n) is 10.6. The highest BCUT2D eigenvalue weighted by atomic mass is 19.4. The predicted molar refractivity (Wildman–Crippen MR) is 116 cm³/mol. The van der Waals surface area contributed by atoms with E-state index in [1.54, 1.807) is 5.32 Å². The number of amides is 2. The van der Waals surface area contributed by atoms with E-state index in [9.17, 15) is 41.4 Å². The summed E-state index contributed by atoms with van der Waals surface area (Å²) in [5, 5.41) is 11.2. The van der Waals surface area contributed by atoms with Gasteiger partial charge in [0.25, 0.3) is 5.91 Å². The van der Waals surface area contributed by atoms with Crippen molar-refractivity contribution in [1.29, 1.82) is 0 Å². The lowest BCUT2D eigenvalue weighted by atomic mass is 10.1. The predicted octanol–water partition coefficient (Wildman–Crippen LogP) is 2.23. The summed E-state index contributed by atoms with van der Waals surface area (Å²) in [7, 11) is 0. The molecule has 0 aliphatic carbocycles. The molecule has 0 spiro atoms. The number of halogens is 5. The third-order valence-corrected chi connectivity index (χ3v) is 5.59. The molecule has 190 valence electrons. The highest BCUT2D eigenvalue weighted by Gasteiger charge is 2.40. The molecule has 1 aliphatic heterocycles. The summed E-state index contributed by atoms with van der Waals surface area (Å²) < 4.78 is 68.5. The van der Waals surface area contributed by atoms with E-state index in [0.717, 1.165) is 21.7 Å². The van der Waals surface area contributed by atoms with Crippen molar-refractivity contribution in [2.45, 2.75) is 38.1 Å². The van der Waals surface area contributed by atoms with E-state index in [0.29, 0.717) is 12.3 Å². The number of hydrogen-bond acceptors (Lipinski definition) is 6. The molecule has 1 aliphatic rings. The second kappa shape index (κ2) is 9.26. The number of carbonyl (C=O) groups excluding carboxylic acids is 2. The monoisotopic (exact) mass is 511 g/mol. The molecular formula is C22H18F5N5O4. The minimum absolute atomic E-state index is 0.0139. The van der Waals surface area contributed by atoms with Crippen LogP contribution in [-0.2, 0) is 4.79 Å². The fraction of sp³-hybridized carbons (Fsp3) is 0.318. The van der Waals surface area contributed by atoms with Crippen molar-refractivity contribution < 1.29 is 36.6 Å². The van der Waals surface area contributed by atoms with Gasteiger partial charge in [0.15, 0.2) is 17.3 Å². The first-order valence-corrected chi connectivity index (χ1v) is 10.6. The van der Waals surface area contributed by atoms with E-state index >= 15 is 0 Å². The quantitative estimate of drug-likeness (QED) is 0.508. The third-order valence-electron chi connectivity index (χ3n) is 5.59. The highest BCUT2D eigenvalue weighted by Crippen LogP contribution is 2.25. The molecule has 3 aromatic rings. The van der Waals surface area contributed by atoms with Gasteiger partial charge in [-0.2, -0.15) is 13.2 Å². The molecule has 1 fully saturated rings. The molecule has 0 saturated carbocycles. The molecule has 2 amide bonds. The van der Waals surface area contributed by atoms with Crippen LogP contribution < -0.4 is 15.6 Å². The Morgan fingerprint density at radius 1 is 1.28 bits per heavy atom. The number of aromatic nitrogens is 3. The summed E-state index contributed by atoms with van der Waals surface area (Å²) in [6.45, 7) is 1.10. The van der Waals surface area contributed by atoms with E-state index in [2.05, 4.69) is 9.97 Å². The average Bonchev–Trinajstić information content (AvgIpc) is 3.14. The first-order chi connectivity index (χ1) is 16.9. The van der Waals surface area contributed by atoms with E-state index in [1.165, 1.54) is 13.0 Å². The second-order valence-electron chi connectivity index (χ2n) is 8.08. The number of pyridine rings is 3. The fourth-order valence-corrected chi connectivity index (χ4v) is 3.81. The van der Waals surface area contributed by atoms with Crippen LogP contribution in [0.3, 0.4) is 0 Å². The Kier molecular flexibility index (Phi) is 6.47.